The quantitative estimate of drug-likeness (QED) is 0.578. The molecule has 1 saturated heterocycles. The van der Waals surface area contributed by atoms with Crippen molar-refractivity contribution in [2.75, 3.05) is 49.6 Å². The number of aryl methyl sites for hydroxylation is 1. The number of fused-ring (bicyclic) bond motifs is 1. The molecule has 0 spiro atoms. The molecular formula is C23H27ClN4OS. The van der Waals surface area contributed by atoms with E-state index >= 15 is 0 Å². The van der Waals surface area contributed by atoms with Crippen LogP contribution >= 0.6 is 23.1 Å². The summed E-state index contributed by atoms with van der Waals surface area (Å²) in [5, 5.41) is 1.99. The van der Waals surface area contributed by atoms with E-state index in [1.807, 2.05) is 13.0 Å². The number of carbonyl (C=O) groups is 1. The van der Waals surface area contributed by atoms with Gasteiger partial charge in [0.1, 0.15) is 5.82 Å². The molecule has 0 bridgehead atoms. The molecule has 1 aliphatic heterocycles. The lowest BCUT2D eigenvalue weighted by molar-refractivity contribution is -0.116. The van der Waals surface area contributed by atoms with Crippen molar-refractivity contribution in [2.45, 2.75) is 20.3 Å². The highest BCUT2D eigenvalue weighted by Crippen LogP contribution is 2.30. The topological polar surface area (TPSA) is 39.7 Å². The number of aromatic nitrogens is 1. The van der Waals surface area contributed by atoms with E-state index < -0.39 is 0 Å². The summed E-state index contributed by atoms with van der Waals surface area (Å²) in [5.41, 5.74) is 3.09. The van der Waals surface area contributed by atoms with Crippen LogP contribution in [0, 0.1) is 6.92 Å². The van der Waals surface area contributed by atoms with Crippen molar-refractivity contribution in [1.29, 1.82) is 0 Å². The van der Waals surface area contributed by atoms with E-state index in [1.54, 1.807) is 30.4 Å². The van der Waals surface area contributed by atoms with Crippen molar-refractivity contribution in [3.05, 3.63) is 52.5 Å². The highest BCUT2D eigenvalue weighted by molar-refractivity contribution is 7.13. The number of benzene rings is 2. The average molecular weight is 443 g/mol. The van der Waals surface area contributed by atoms with Gasteiger partial charge < -0.3 is 9.80 Å². The molecule has 0 aliphatic carbocycles. The molecule has 4 rings (SSSR count). The minimum absolute atomic E-state index is 0.00711. The summed E-state index contributed by atoms with van der Waals surface area (Å²) in [6.07, 6.45) is 0.906. The van der Waals surface area contributed by atoms with Gasteiger partial charge in [-0.05, 0) is 54.2 Å². The third kappa shape index (κ3) is 4.31. The smallest absolute Gasteiger partial charge is 0.223 e. The van der Waals surface area contributed by atoms with Crippen LogP contribution in [0.1, 0.15) is 18.1 Å². The van der Waals surface area contributed by atoms with Gasteiger partial charge in [0, 0.05) is 62.8 Å². The Morgan fingerprint density at radius 2 is 1.93 bits per heavy atom. The SMILES string of the molecule is CC(=O)N(C)c1cc(Cl)c(CCN2CCN(c3nsc4ccccc34)CC2)cc1C. The van der Waals surface area contributed by atoms with Gasteiger partial charge in [-0.2, -0.15) is 4.37 Å². The van der Waals surface area contributed by atoms with Crippen LogP contribution in [0.5, 0.6) is 0 Å². The van der Waals surface area contributed by atoms with E-state index in [1.165, 1.54) is 10.1 Å². The molecule has 158 valence electrons. The molecular weight excluding hydrogens is 416 g/mol. The fraction of sp³-hybridized carbons (Fsp3) is 0.391. The molecule has 2 heterocycles. The average Bonchev–Trinajstić information content (AvgIpc) is 3.18. The van der Waals surface area contributed by atoms with E-state index in [-0.39, 0.29) is 5.91 Å². The zero-order valence-corrected chi connectivity index (χ0v) is 19.3. The molecule has 0 unspecified atom stereocenters. The first-order valence-electron chi connectivity index (χ1n) is 10.3. The Hall–Kier alpha value is -2.15. The molecule has 0 atom stereocenters. The van der Waals surface area contributed by atoms with Crippen molar-refractivity contribution in [2.24, 2.45) is 0 Å². The van der Waals surface area contributed by atoms with Crippen LogP contribution in [0.2, 0.25) is 5.02 Å². The Morgan fingerprint density at radius 1 is 1.20 bits per heavy atom. The maximum atomic E-state index is 11.7. The first kappa shape index (κ1) is 21.1. The summed E-state index contributed by atoms with van der Waals surface area (Å²) in [7, 11) is 1.78. The molecule has 7 heteroatoms. The number of piperazine rings is 1. The number of anilines is 2. The van der Waals surface area contributed by atoms with Crippen molar-refractivity contribution in [3.8, 4) is 0 Å². The molecule has 5 nitrogen and oxygen atoms in total. The van der Waals surface area contributed by atoms with E-state index in [2.05, 4.69) is 40.1 Å². The minimum Gasteiger partial charge on any atom is -0.353 e. The van der Waals surface area contributed by atoms with Crippen LogP contribution in [-0.4, -0.2) is 55.0 Å². The molecule has 30 heavy (non-hydrogen) atoms. The van der Waals surface area contributed by atoms with Gasteiger partial charge in [-0.15, -0.1) is 0 Å². The monoisotopic (exact) mass is 442 g/mol. The fourth-order valence-electron chi connectivity index (χ4n) is 4.02. The van der Waals surface area contributed by atoms with Gasteiger partial charge in [0.2, 0.25) is 5.91 Å². The third-order valence-electron chi connectivity index (χ3n) is 5.93. The van der Waals surface area contributed by atoms with Crippen LogP contribution < -0.4 is 9.80 Å². The standard InChI is InChI=1S/C23H27ClN4OS/c1-16-14-18(20(24)15-21(16)26(3)17(2)29)8-9-27-10-12-28(13-11-27)23-19-6-4-5-7-22(19)30-25-23/h4-7,14-15H,8-13H2,1-3H3. The highest BCUT2D eigenvalue weighted by atomic mass is 35.5. The molecule has 1 aliphatic rings. The van der Waals surface area contributed by atoms with E-state index in [0.717, 1.165) is 66.8 Å². The predicted molar refractivity (Wildman–Crippen MR) is 127 cm³/mol. The zero-order valence-electron chi connectivity index (χ0n) is 17.7. The third-order valence-corrected chi connectivity index (χ3v) is 7.10. The maximum absolute atomic E-state index is 11.7. The van der Waals surface area contributed by atoms with Crippen molar-refractivity contribution >= 4 is 50.6 Å². The fourth-order valence-corrected chi connectivity index (χ4v) is 5.06. The predicted octanol–water partition coefficient (Wildman–Crippen LogP) is 4.61. The molecule has 1 amide bonds. The molecule has 1 aromatic heterocycles. The summed E-state index contributed by atoms with van der Waals surface area (Å²) in [6, 6.07) is 12.5. The lowest BCUT2D eigenvalue weighted by atomic mass is 10.1. The molecule has 3 aromatic rings. The van der Waals surface area contributed by atoms with E-state index in [4.69, 9.17) is 16.0 Å². The second kappa shape index (κ2) is 8.92. The Bertz CT molecular complexity index is 1060. The lowest BCUT2D eigenvalue weighted by Crippen LogP contribution is -2.47. The summed E-state index contributed by atoms with van der Waals surface area (Å²) < 4.78 is 5.95. The van der Waals surface area contributed by atoms with Crippen LogP contribution in [0.4, 0.5) is 11.5 Å². The second-order valence-corrected chi connectivity index (χ2v) is 9.10. The molecule has 0 radical (unpaired) electrons. The van der Waals surface area contributed by atoms with Gasteiger partial charge in [-0.25, -0.2) is 0 Å². The lowest BCUT2D eigenvalue weighted by Gasteiger charge is -2.35. The van der Waals surface area contributed by atoms with Crippen molar-refractivity contribution in [1.82, 2.24) is 9.27 Å². The summed E-state index contributed by atoms with van der Waals surface area (Å²) in [6.45, 7) is 8.60. The summed E-state index contributed by atoms with van der Waals surface area (Å²) in [4.78, 5) is 18.2. The van der Waals surface area contributed by atoms with Crippen LogP contribution in [0.25, 0.3) is 10.1 Å². The largest absolute Gasteiger partial charge is 0.353 e. The first-order chi connectivity index (χ1) is 14.4. The number of rotatable bonds is 5. The molecule has 2 aromatic carbocycles. The second-order valence-electron chi connectivity index (χ2n) is 7.89. The highest BCUT2D eigenvalue weighted by Gasteiger charge is 2.21. The molecule has 0 saturated carbocycles. The first-order valence-corrected chi connectivity index (χ1v) is 11.4. The number of hydrogen-bond acceptors (Lipinski definition) is 5. The minimum atomic E-state index is 0.00711. The van der Waals surface area contributed by atoms with Crippen LogP contribution in [-0.2, 0) is 11.2 Å². The molecule has 0 N–H and O–H groups in total. The Morgan fingerprint density at radius 3 is 2.67 bits per heavy atom. The van der Waals surface area contributed by atoms with Gasteiger partial charge in [0.15, 0.2) is 0 Å². The van der Waals surface area contributed by atoms with Crippen molar-refractivity contribution in [3.63, 3.8) is 0 Å². The Kier molecular flexibility index (Phi) is 6.27. The number of hydrogen-bond donors (Lipinski definition) is 0. The number of amides is 1. The summed E-state index contributed by atoms with van der Waals surface area (Å²) >= 11 is 8.12. The number of carbonyl (C=O) groups excluding carboxylic acids is 1. The van der Waals surface area contributed by atoms with E-state index in [0.29, 0.717) is 0 Å². The van der Waals surface area contributed by atoms with Crippen molar-refractivity contribution < 1.29 is 4.79 Å². The van der Waals surface area contributed by atoms with Gasteiger partial charge in [-0.3, -0.25) is 9.69 Å². The van der Waals surface area contributed by atoms with Gasteiger partial charge in [0.05, 0.1) is 4.70 Å². The summed E-state index contributed by atoms with van der Waals surface area (Å²) in [5.74, 6) is 1.13. The van der Waals surface area contributed by atoms with Gasteiger partial charge in [-0.1, -0.05) is 29.8 Å². The Labute approximate surface area is 187 Å². The Balaban J connectivity index is 1.36. The van der Waals surface area contributed by atoms with Gasteiger partial charge >= 0.3 is 0 Å². The van der Waals surface area contributed by atoms with Gasteiger partial charge in [0.25, 0.3) is 0 Å². The van der Waals surface area contributed by atoms with Crippen LogP contribution in [0.3, 0.4) is 0 Å². The number of halogens is 1. The van der Waals surface area contributed by atoms with E-state index in [9.17, 15) is 4.79 Å². The molecule has 1 fully saturated rings. The number of nitrogens with zero attached hydrogens (tertiary/aromatic N) is 4. The normalized spacial score (nSPS) is 15.0. The maximum Gasteiger partial charge on any atom is 0.223 e. The zero-order chi connectivity index (χ0) is 21.3. The van der Waals surface area contributed by atoms with Crippen LogP contribution in [0.15, 0.2) is 36.4 Å².